The van der Waals surface area contributed by atoms with Crippen LogP contribution in [0.15, 0.2) is 0 Å². The Morgan fingerprint density at radius 2 is 1.85 bits per heavy atom. The molecule has 0 aliphatic carbocycles. The quantitative estimate of drug-likeness (QED) is 0.473. The Hall–Kier alpha value is 0.250. The van der Waals surface area contributed by atoms with Crippen molar-refractivity contribution in [3.05, 3.63) is 0 Å². The average molecular weight is 206 g/mol. The Morgan fingerprint density at radius 1 is 1.23 bits per heavy atom. The first-order valence-electron chi connectivity index (χ1n) is 5.53. The third-order valence-electron chi connectivity index (χ3n) is 2.56. The van der Waals surface area contributed by atoms with Crippen molar-refractivity contribution in [2.75, 3.05) is 12.4 Å². The third-order valence-corrected chi connectivity index (χ3v) is 3.08. The van der Waals surface area contributed by atoms with Crippen molar-refractivity contribution >= 4 is 11.6 Å². The summed E-state index contributed by atoms with van der Waals surface area (Å²) in [7, 11) is 0. The first-order chi connectivity index (χ1) is 6.24. The lowest BCUT2D eigenvalue weighted by Crippen LogP contribution is -2.28. The summed E-state index contributed by atoms with van der Waals surface area (Å²) in [5, 5.41) is 3.56. The molecule has 2 heteroatoms. The fourth-order valence-electron chi connectivity index (χ4n) is 1.41. The van der Waals surface area contributed by atoms with E-state index >= 15 is 0 Å². The lowest BCUT2D eigenvalue weighted by molar-refractivity contribution is 0.455. The van der Waals surface area contributed by atoms with E-state index in [1.807, 2.05) is 0 Å². The number of alkyl halides is 1. The molecule has 1 atom stereocenters. The number of nitrogens with one attached hydrogen (secondary N) is 1. The minimum atomic E-state index is 0.671. The van der Waals surface area contributed by atoms with Crippen LogP contribution < -0.4 is 5.32 Å². The van der Waals surface area contributed by atoms with Crippen LogP contribution in [-0.4, -0.2) is 18.5 Å². The Balaban J connectivity index is 3.23. The Bertz CT molecular complexity index is 102. The second-order valence-electron chi connectivity index (χ2n) is 3.87. The average Bonchev–Trinajstić information content (AvgIpc) is 2.18. The van der Waals surface area contributed by atoms with E-state index in [0.29, 0.717) is 12.0 Å². The van der Waals surface area contributed by atoms with Crippen LogP contribution in [0.1, 0.15) is 46.5 Å². The van der Waals surface area contributed by atoms with Gasteiger partial charge in [-0.2, -0.15) is 0 Å². The summed E-state index contributed by atoms with van der Waals surface area (Å²) in [4.78, 5) is 0. The van der Waals surface area contributed by atoms with Gasteiger partial charge in [-0.15, -0.1) is 11.6 Å². The van der Waals surface area contributed by atoms with Crippen LogP contribution in [0, 0.1) is 5.92 Å². The summed E-state index contributed by atoms with van der Waals surface area (Å²) >= 11 is 5.73. The molecule has 0 heterocycles. The molecular formula is C11H24ClN. The van der Waals surface area contributed by atoms with Crippen LogP contribution >= 0.6 is 11.6 Å². The normalized spacial score (nSPS) is 13.6. The SMILES string of the molecule is CCC(CC)NCCCC(C)CCl. The van der Waals surface area contributed by atoms with Crippen LogP contribution in [0.25, 0.3) is 0 Å². The molecule has 0 aromatic carbocycles. The van der Waals surface area contributed by atoms with Gasteiger partial charge in [-0.1, -0.05) is 20.8 Å². The summed E-state index contributed by atoms with van der Waals surface area (Å²) in [5.41, 5.74) is 0. The van der Waals surface area contributed by atoms with Gasteiger partial charge in [0.15, 0.2) is 0 Å². The van der Waals surface area contributed by atoms with Gasteiger partial charge in [0.2, 0.25) is 0 Å². The van der Waals surface area contributed by atoms with E-state index < -0.39 is 0 Å². The molecule has 0 bridgehead atoms. The molecule has 0 aromatic heterocycles. The molecule has 1 N–H and O–H groups in total. The molecule has 0 aromatic rings. The van der Waals surface area contributed by atoms with E-state index in [4.69, 9.17) is 11.6 Å². The van der Waals surface area contributed by atoms with Gasteiger partial charge < -0.3 is 5.32 Å². The van der Waals surface area contributed by atoms with E-state index in [1.165, 1.54) is 25.7 Å². The van der Waals surface area contributed by atoms with Crippen molar-refractivity contribution in [1.29, 1.82) is 0 Å². The number of rotatable bonds is 8. The maximum Gasteiger partial charge on any atom is 0.0249 e. The van der Waals surface area contributed by atoms with E-state index in [9.17, 15) is 0 Å². The second-order valence-corrected chi connectivity index (χ2v) is 4.18. The van der Waals surface area contributed by atoms with E-state index in [1.54, 1.807) is 0 Å². The van der Waals surface area contributed by atoms with Gasteiger partial charge in [0, 0.05) is 11.9 Å². The first-order valence-corrected chi connectivity index (χ1v) is 6.07. The maximum atomic E-state index is 5.73. The van der Waals surface area contributed by atoms with Gasteiger partial charge in [0.25, 0.3) is 0 Å². The molecule has 0 amide bonds. The van der Waals surface area contributed by atoms with Crippen molar-refractivity contribution in [2.45, 2.75) is 52.5 Å². The monoisotopic (exact) mass is 205 g/mol. The number of hydrogen-bond acceptors (Lipinski definition) is 1. The van der Waals surface area contributed by atoms with Crippen molar-refractivity contribution in [2.24, 2.45) is 5.92 Å². The van der Waals surface area contributed by atoms with E-state index in [-0.39, 0.29) is 0 Å². The van der Waals surface area contributed by atoms with Crippen LogP contribution in [-0.2, 0) is 0 Å². The Labute approximate surface area is 88.2 Å². The lowest BCUT2D eigenvalue weighted by atomic mass is 10.1. The lowest BCUT2D eigenvalue weighted by Gasteiger charge is -2.15. The van der Waals surface area contributed by atoms with Crippen LogP contribution in [0.2, 0.25) is 0 Å². The van der Waals surface area contributed by atoms with Crippen LogP contribution in [0.5, 0.6) is 0 Å². The topological polar surface area (TPSA) is 12.0 Å². The van der Waals surface area contributed by atoms with Gasteiger partial charge in [-0.05, 0) is 38.1 Å². The predicted molar refractivity (Wildman–Crippen MR) is 61.5 cm³/mol. The van der Waals surface area contributed by atoms with Gasteiger partial charge >= 0.3 is 0 Å². The Kier molecular flexibility index (Phi) is 9.00. The highest BCUT2D eigenvalue weighted by Crippen LogP contribution is 2.06. The molecular weight excluding hydrogens is 182 g/mol. The first kappa shape index (κ1) is 13.2. The predicted octanol–water partition coefficient (Wildman–Crippen LogP) is 3.42. The molecule has 1 nitrogen and oxygen atoms in total. The highest BCUT2D eigenvalue weighted by Gasteiger charge is 2.02. The number of hydrogen-bond donors (Lipinski definition) is 1. The molecule has 0 rings (SSSR count). The summed E-state index contributed by atoms with van der Waals surface area (Å²) in [5.74, 6) is 1.47. The van der Waals surface area contributed by atoms with E-state index in [0.717, 1.165) is 12.4 Å². The molecule has 0 spiro atoms. The summed E-state index contributed by atoms with van der Waals surface area (Å²) < 4.78 is 0. The molecule has 0 aliphatic heterocycles. The van der Waals surface area contributed by atoms with Crippen molar-refractivity contribution in [3.8, 4) is 0 Å². The summed E-state index contributed by atoms with van der Waals surface area (Å²) in [6, 6.07) is 0.714. The zero-order valence-corrected chi connectivity index (χ0v) is 10.0. The summed E-state index contributed by atoms with van der Waals surface area (Å²) in [6.45, 7) is 7.84. The van der Waals surface area contributed by atoms with E-state index in [2.05, 4.69) is 26.1 Å². The van der Waals surface area contributed by atoms with Gasteiger partial charge in [0.05, 0.1) is 0 Å². The molecule has 0 saturated carbocycles. The number of halogens is 1. The zero-order chi connectivity index (χ0) is 10.1. The van der Waals surface area contributed by atoms with Gasteiger partial charge in [-0.25, -0.2) is 0 Å². The molecule has 80 valence electrons. The largest absolute Gasteiger partial charge is 0.314 e. The molecule has 0 aliphatic rings. The maximum absolute atomic E-state index is 5.73. The molecule has 1 unspecified atom stereocenters. The van der Waals surface area contributed by atoms with Gasteiger partial charge in [-0.3, -0.25) is 0 Å². The van der Waals surface area contributed by atoms with Crippen molar-refractivity contribution in [3.63, 3.8) is 0 Å². The molecule has 0 saturated heterocycles. The summed E-state index contributed by atoms with van der Waals surface area (Å²) in [6.07, 6.45) is 4.98. The van der Waals surface area contributed by atoms with Crippen molar-refractivity contribution < 1.29 is 0 Å². The highest BCUT2D eigenvalue weighted by atomic mass is 35.5. The zero-order valence-electron chi connectivity index (χ0n) is 9.28. The fraction of sp³-hybridized carbons (Fsp3) is 1.00. The highest BCUT2D eigenvalue weighted by molar-refractivity contribution is 6.18. The second kappa shape index (κ2) is 8.83. The third kappa shape index (κ3) is 7.33. The molecule has 0 radical (unpaired) electrons. The van der Waals surface area contributed by atoms with Crippen molar-refractivity contribution in [1.82, 2.24) is 5.32 Å². The Morgan fingerprint density at radius 3 is 2.31 bits per heavy atom. The smallest absolute Gasteiger partial charge is 0.0249 e. The fourth-order valence-corrected chi connectivity index (χ4v) is 1.57. The standard InChI is InChI=1S/C11H24ClN/c1-4-11(5-2)13-8-6-7-10(3)9-12/h10-11,13H,4-9H2,1-3H3. The minimum Gasteiger partial charge on any atom is -0.314 e. The minimum absolute atomic E-state index is 0.671. The van der Waals surface area contributed by atoms with Gasteiger partial charge in [0.1, 0.15) is 0 Å². The van der Waals surface area contributed by atoms with Crippen LogP contribution in [0.3, 0.4) is 0 Å². The molecule has 0 fully saturated rings. The van der Waals surface area contributed by atoms with Crippen LogP contribution in [0.4, 0.5) is 0 Å². The molecule has 13 heavy (non-hydrogen) atoms.